The summed E-state index contributed by atoms with van der Waals surface area (Å²) in [5.41, 5.74) is 0. The van der Waals surface area contributed by atoms with Crippen molar-refractivity contribution in [2.75, 3.05) is 13.2 Å². The number of phosphoric ester groups is 1. The maximum atomic E-state index is 12.8. The van der Waals surface area contributed by atoms with E-state index in [-0.39, 0.29) is 12.8 Å². The van der Waals surface area contributed by atoms with Crippen LogP contribution in [0.5, 0.6) is 0 Å². The molecule has 0 aliphatic heterocycles. The third kappa shape index (κ3) is 25.5. The number of aliphatic hydroxyl groups excluding tert-OH is 5. The van der Waals surface area contributed by atoms with Gasteiger partial charge in [-0.3, -0.25) is 18.6 Å². The van der Waals surface area contributed by atoms with E-state index in [4.69, 9.17) is 18.5 Å². The highest BCUT2D eigenvalue weighted by Crippen LogP contribution is 2.47. The molecule has 0 aromatic heterocycles. The number of ether oxygens (including phenoxy) is 2. The summed E-state index contributed by atoms with van der Waals surface area (Å²) in [7, 11) is -5.11. The van der Waals surface area contributed by atoms with E-state index in [1.54, 1.807) is 0 Å². The molecule has 1 fully saturated rings. The van der Waals surface area contributed by atoms with Crippen LogP contribution in [0.2, 0.25) is 0 Å². The molecule has 1 aliphatic rings. The van der Waals surface area contributed by atoms with Gasteiger partial charge in [0.2, 0.25) is 0 Å². The first-order valence-corrected chi connectivity index (χ1v) is 22.9. The van der Waals surface area contributed by atoms with E-state index in [0.717, 1.165) is 51.4 Å². The Labute approximate surface area is 331 Å². The highest BCUT2D eigenvalue weighted by Gasteiger charge is 2.51. The van der Waals surface area contributed by atoms with Crippen LogP contribution in [-0.2, 0) is 32.7 Å². The Morgan fingerprint density at radius 1 is 0.582 bits per heavy atom. The quantitative estimate of drug-likeness (QED) is 0.0157. The molecule has 1 saturated carbocycles. The van der Waals surface area contributed by atoms with Gasteiger partial charge in [0, 0.05) is 12.8 Å². The van der Waals surface area contributed by atoms with E-state index in [1.165, 1.54) is 96.3 Å². The van der Waals surface area contributed by atoms with Crippen LogP contribution < -0.4 is 0 Å². The maximum absolute atomic E-state index is 12.8. The van der Waals surface area contributed by atoms with Crippen LogP contribution >= 0.6 is 7.82 Å². The minimum absolute atomic E-state index is 0.0990. The summed E-state index contributed by atoms with van der Waals surface area (Å²) in [5.74, 6) is -1.10. The SMILES string of the molecule is C=CCCCCCCCCCCCCCCCC(=O)O[C@H](COC(=O)CCCCCCCCCCCCC)COP(=O)(O)OC1C(O)C(O)C(O)[C@@H](O)C1O. The van der Waals surface area contributed by atoms with Gasteiger partial charge in [-0.25, -0.2) is 4.57 Å². The third-order valence-electron chi connectivity index (χ3n) is 10.3. The fraction of sp³-hybridized carbons (Fsp3) is 0.902. The second kappa shape index (κ2) is 32.5. The molecule has 1 rings (SSSR count). The number of allylic oxidation sites excluding steroid dienone is 1. The van der Waals surface area contributed by atoms with Crippen LogP contribution in [0.3, 0.4) is 0 Å². The van der Waals surface area contributed by atoms with Gasteiger partial charge in [-0.1, -0.05) is 148 Å². The predicted octanol–water partition coefficient (Wildman–Crippen LogP) is 7.50. The molecule has 14 heteroatoms. The molecule has 0 aromatic rings. The van der Waals surface area contributed by atoms with Crippen molar-refractivity contribution in [3.05, 3.63) is 12.7 Å². The van der Waals surface area contributed by atoms with E-state index < -0.39 is 75.7 Å². The monoisotopic (exact) mass is 809 g/mol. The van der Waals surface area contributed by atoms with Gasteiger partial charge in [-0.2, -0.15) is 0 Å². The molecule has 0 amide bonds. The van der Waals surface area contributed by atoms with Gasteiger partial charge in [0.1, 0.15) is 43.2 Å². The molecule has 0 aromatic carbocycles. The molecule has 324 valence electrons. The van der Waals surface area contributed by atoms with E-state index in [2.05, 4.69) is 13.5 Å². The molecule has 8 atom stereocenters. The molecule has 0 heterocycles. The lowest BCUT2D eigenvalue weighted by atomic mass is 9.85. The first-order valence-electron chi connectivity index (χ1n) is 21.5. The van der Waals surface area contributed by atoms with Crippen molar-refractivity contribution in [1.29, 1.82) is 0 Å². The average Bonchev–Trinajstić information content (AvgIpc) is 3.16. The van der Waals surface area contributed by atoms with Crippen molar-refractivity contribution in [3.8, 4) is 0 Å². The van der Waals surface area contributed by atoms with Crippen LogP contribution in [0, 0.1) is 0 Å². The van der Waals surface area contributed by atoms with E-state index in [9.17, 15) is 44.6 Å². The Morgan fingerprint density at radius 2 is 0.964 bits per heavy atom. The number of hydrogen-bond donors (Lipinski definition) is 6. The van der Waals surface area contributed by atoms with E-state index in [1.807, 2.05) is 6.08 Å². The Morgan fingerprint density at radius 3 is 1.40 bits per heavy atom. The zero-order valence-electron chi connectivity index (χ0n) is 33.8. The van der Waals surface area contributed by atoms with Crippen LogP contribution in [-0.4, -0.2) is 98.3 Å². The van der Waals surface area contributed by atoms with Crippen molar-refractivity contribution in [2.24, 2.45) is 0 Å². The van der Waals surface area contributed by atoms with Gasteiger partial charge in [-0.15, -0.1) is 6.58 Å². The van der Waals surface area contributed by atoms with Crippen molar-refractivity contribution in [3.63, 3.8) is 0 Å². The number of hydrogen-bond acceptors (Lipinski definition) is 12. The maximum Gasteiger partial charge on any atom is 0.472 e. The van der Waals surface area contributed by atoms with Crippen molar-refractivity contribution in [1.82, 2.24) is 0 Å². The number of aliphatic hydroxyl groups is 5. The molecule has 6 unspecified atom stereocenters. The van der Waals surface area contributed by atoms with Crippen LogP contribution in [0.4, 0.5) is 0 Å². The molecular weight excluding hydrogens is 731 g/mol. The lowest BCUT2D eigenvalue weighted by Gasteiger charge is -2.41. The number of unbranched alkanes of at least 4 members (excludes halogenated alkanes) is 23. The van der Waals surface area contributed by atoms with Gasteiger partial charge >= 0.3 is 19.8 Å². The number of carbonyl (C=O) groups is 2. The molecule has 0 bridgehead atoms. The Balaban J connectivity index is 2.48. The van der Waals surface area contributed by atoms with Crippen molar-refractivity contribution >= 4 is 19.8 Å². The summed E-state index contributed by atoms with van der Waals surface area (Å²) >= 11 is 0. The third-order valence-corrected chi connectivity index (χ3v) is 11.2. The van der Waals surface area contributed by atoms with Crippen LogP contribution in [0.25, 0.3) is 0 Å². The topological polar surface area (TPSA) is 210 Å². The molecule has 13 nitrogen and oxygen atoms in total. The summed E-state index contributed by atoms with van der Waals surface area (Å²) < 4.78 is 33.4. The van der Waals surface area contributed by atoms with E-state index in [0.29, 0.717) is 12.8 Å². The molecule has 1 aliphatic carbocycles. The summed E-state index contributed by atoms with van der Waals surface area (Å²) in [4.78, 5) is 35.5. The minimum Gasteiger partial charge on any atom is -0.462 e. The van der Waals surface area contributed by atoms with Crippen molar-refractivity contribution < 1.29 is 63.1 Å². The lowest BCUT2D eigenvalue weighted by Crippen LogP contribution is -2.64. The van der Waals surface area contributed by atoms with Gasteiger partial charge < -0.3 is 39.9 Å². The Bertz CT molecular complexity index is 1010. The number of rotatable bonds is 36. The van der Waals surface area contributed by atoms with Crippen LogP contribution in [0.1, 0.15) is 180 Å². The van der Waals surface area contributed by atoms with Gasteiger partial charge in [0.25, 0.3) is 0 Å². The molecular formula is C41H77O13P. The standard InChI is InChI=1S/C41H77O13P/c1-3-5-7-9-11-13-15-16-17-18-20-22-24-26-28-30-35(43)53-33(31-51-34(42)29-27-25-23-21-19-14-12-10-8-6-4-2)32-52-55(49,50)54-41-39(47)37(45)36(44)38(46)40(41)48/h3,33,36-41,44-48H,1,4-32H2,2H3,(H,49,50)/t33-,36?,37-,38?,39?,40?,41?/m1/s1. The van der Waals surface area contributed by atoms with Crippen LogP contribution in [0.15, 0.2) is 12.7 Å². The molecule has 55 heavy (non-hydrogen) atoms. The molecule has 0 spiro atoms. The lowest BCUT2D eigenvalue weighted by molar-refractivity contribution is -0.220. The number of carbonyl (C=O) groups excluding carboxylic acids is 2. The zero-order valence-corrected chi connectivity index (χ0v) is 34.7. The van der Waals surface area contributed by atoms with E-state index >= 15 is 0 Å². The first-order chi connectivity index (χ1) is 26.4. The van der Waals surface area contributed by atoms with Gasteiger partial charge in [0.15, 0.2) is 6.10 Å². The average molecular weight is 809 g/mol. The van der Waals surface area contributed by atoms with Gasteiger partial charge in [-0.05, 0) is 25.7 Å². The Kier molecular flexibility index (Phi) is 30.5. The summed E-state index contributed by atoms with van der Waals surface area (Å²) in [6.45, 7) is 4.81. The summed E-state index contributed by atoms with van der Waals surface area (Å²) in [6.07, 6.45) is 17.4. The minimum atomic E-state index is -5.11. The molecule has 0 radical (unpaired) electrons. The fourth-order valence-corrected chi connectivity index (χ4v) is 7.71. The predicted molar refractivity (Wildman–Crippen MR) is 212 cm³/mol. The Hall–Kier alpha value is -1.41. The summed E-state index contributed by atoms with van der Waals surface area (Å²) in [6, 6.07) is 0. The zero-order chi connectivity index (χ0) is 40.7. The fourth-order valence-electron chi connectivity index (χ4n) is 6.74. The van der Waals surface area contributed by atoms with Crippen molar-refractivity contribution in [2.45, 2.75) is 223 Å². The highest BCUT2D eigenvalue weighted by atomic mass is 31.2. The normalized spacial score (nSPS) is 22.9. The molecule has 6 N–H and O–H groups in total. The second-order valence-corrected chi connectivity index (χ2v) is 16.7. The smallest absolute Gasteiger partial charge is 0.462 e. The number of esters is 2. The molecule has 0 saturated heterocycles. The second-order valence-electron chi connectivity index (χ2n) is 15.3. The number of phosphoric acid groups is 1. The highest BCUT2D eigenvalue weighted by molar-refractivity contribution is 7.47. The first kappa shape index (κ1) is 51.6. The summed E-state index contributed by atoms with van der Waals surface area (Å²) in [5, 5.41) is 50.0. The van der Waals surface area contributed by atoms with Gasteiger partial charge in [0.05, 0.1) is 6.61 Å². The largest absolute Gasteiger partial charge is 0.472 e.